The van der Waals surface area contributed by atoms with Crippen molar-refractivity contribution in [2.45, 2.75) is 63.0 Å². The summed E-state index contributed by atoms with van der Waals surface area (Å²) in [4.78, 5) is 12.5. The number of benzene rings is 2. The third-order valence-electron chi connectivity index (χ3n) is 5.16. The summed E-state index contributed by atoms with van der Waals surface area (Å²) < 4.78 is 33.5. The molecule has 7 heteroatoms. The highest BCUT2D eigenvalue weighted by Gasteiger charge is 2.21. The van der Waals surface area contributed by atoms with Crippen LogP contribution in [0.5, 0.6) is 5.75 Å². The maximum atomic E-state index is 12.6. The highest BCUT2D eigenvalue weighted by Crippen LogP contribution is 2.22. The zero-order valence-corrected chi connectivity index (χ0v) is 17.7. The van der Waals surface area contributed by atoms with E-state index in [4.69, 9.17) is 4.74 Å². The number of para-hydroxylation sites is 1. The van der Waals surface area contributed by atoms with Crippen molar-refractivity contribution >= 4 is 21.6 Å². The van der Waals surface area contributed by atoms with Crippen LogP contribution in [-0.2, 0) is 14.8 Å². The van der Waals surface area contributed by atoms with Gasteiger partial charge in [-0.3, -0.25) is 9.52 Å². The van der Waals surface area contributed by atoms with E-state index in [1.54, 1.807) is 31.2 Å². The first kappa shape index (κ1) is 21.2. The molecule has 2 N–H and O–H groups in total. The van der Waals surface area contributed by atoms with Gasteiger partial charge in [0.05, 0.1) is 10.6 Å². The van der Waals surface area contributed by atoms with E-state index in [9.17, 15) is 13.2 Å². The maximum Gasteiger partial charge on any atom is 0.261 e. The molecule has 0 saturated heterocycles. The number of carbonyl (C=O) groups is 1. The standard InChI is InChI=1S/C22H28N2O4S/c1-16-8-6-7-11-21(16)24-29(26,27)20-14-12-19(13-15-20)28-17(2)22(25)23-18-9-4-3-5-10-18/h6-8,11-15,17-18,24H,3-5,9-10H2,1-2H3,(H,23,25)/t17-/m1/s1. The Labute approximate surface area is 172 Å². The molecule has 2 aromatic rings. The van der Waals surface area contributed by atoms with Gasteiger partial charge in [-0.1, -0.05) is 37.5 Å². The normalized spacial score (nSPS) is 16.1. The summed E-state index contributed by atoms with van der Waals surface area (Å²) in [6, 6.07) is 13.5. The fourth-order valence-electron chi connectivity index (χ4n) is 3.41. The zero-order valence-electron chi connectivity index (χ0n) is 16.9. The van der Waals surface area contributed by atoms with E-state index in [2.05, 4.69) is 10.0 Å². The lowest BCUT2D eigenvalue weighted by Gasteiger charge is -2.24. The number of nitrogens with one attached hydrogen (secondary N) is 2. The minimum Gasteiger partial charge on any atom is -0.481 e. The van der Waals surface area contributed by atoms with Crippen molar-refractivity contribution in [2.75, 3.05) is 4.72 Å². The Morgan fingerprint density at radius 2 is 1.69 bits per heavy atom. The molecule has 2 aromatic carbocycles. The fraction of sp³-hybridized carbons (Fsp3) is 0.409. The number of ether oxygens (including phenoxy) is 1. The number of sulfonamides is 1. The number of hydrogen-bond donors (Lipinski definition) is 2. The van der Waals surface area contributed by atoms with Gasteiger partial charge in [0.2, 0.25) is 0 Å². The van der Waals surface area contributed by atoms with Crippen LogP contribution in [0.2, 0.25) is 0 Å². The molecule has 0 heterocycles. The van der Waals surface area contributed by atoms with Crippen LogP contribution in [0, 0.1) is 6.92 Å². The number of anilines is 1. The van der Waals surface area contributed by atoms with Crippen molar-refractivity contribution in [3.05, 3.63) is 54.1 Å². The molecule has 3 rings (SSSR count). The molecular weight excluding hydrogens is 388 g/mol. The molecule has 1 fully saturated rings. The summed E-state index contributed by atoms with van der Waals surface area (Å²) in [5.41, 5.74) is 1.38. The van der Waals surface area contributed by atoms with Gasteiger partial charge in [0.15, 0.2) is 6.10 Å². The van der Waals surface area contributed by atoms with E-state index in [0.29, 0.717) is 11.4 Å². The average Bonchev–Trinajstić information content (AvgIpc) is 2.71. The van der Waals surface area contributed by atoms with E-state index >= 15 is 0 Å². The van der Waals surface area contributed by atoms with E-state index in [1.807, 2.05) is 19.1 Å². The van der Waals surface area contributed by atoms with Crippen molar-refractivity contribution in [2.24, 2.45) is 0 Å². The van der Waals surface area contributed by atoms with E-state index in [-0.39, 0.29) is 16.8 Å². The van der Waals surface area contributed by atoms with Crippen LogP contribution in [0.4, 0.5) is 5.69 Å². The molecule has 0 aliphatic heterocycles. The molecule has 0 bridgehead atoms. The molecule has 1 atom stereocenters. The Kier molecular flexibility index (Phi) is 6.79. The third-order valence-corrected chi connectivity index (χ3v) is 6.54. The number of carbonyl (C=O) groups excluding carboxylic acids is 1. The van der Waals surface area contributed by atoms with Crippen LogP contribution in [0.3, 0.4) is 0 Å². The van der Waals surface area contributed by atoms with E-state index in [1.165, 1.54) is 18.6 Å². The second-order valence-electron chi connectivity index (χ2n) is 7.50. The lowest BCUT2D eigenvalue weighted by atomic mass is 9.95. The molecule has 0 aromatic heterocycles. The van der Waals surface area contributed by atoms with Gasteiger partial charge < -0.3 is 10.1 Å². The average molecular weight is 417 g/mol. The molecule has 0 radical (unpaired) electrons. The first-order valence-electron chi connectivity index (χ1n) is 10.0. The molecule has 1 aliphatic rings. The largest absolute Gasteiger partial charge is 0.481 e. The monoisotopic (exact) mass is 416 g/mol. The Morgan fingerprint density at radius 3 is 2.34 bits per heavy atom. The van der Waals surface area contributed by atoms with Crippen LogP contribution in [-0.4, -0.2) is 26.5 Å². The van der Waals surface area contributed by atoms with Gasteiger partial charge in [-0.2, -0.15) is 0 Å². The number of rotatable bonds is 7. The smallest absolute Gasteiger partial charge is 0.261 e. The molecule has 29 heavy (non-hydrogen) atoms. The van der Waals surface area contributed by atoms with Gasteiger partial charge in [-0.05, 0) is 62.6 Å². The number of amides is 1. The summed E-state index contributed by atoms with van der Waals surface area (Å²) in [6.07, 6.45) is 4.90. The molecule has 0 spiro atoms. The second kappa shape index (κ2) is 9.31. The maximum absolute atomic E-state index is 12.6. The van der Waals surface area contributed by atoms with Crippen molar-refractivity contribution in [3.63, 3.8) is 0 Å². The van der Waals surface area contributed by atoms with Crippen LogP contribution in [0.25, 0.3) is 0 Å². The van der Waals surface area contributed by atoms with Gasteiger partial charge in [0.25, 0.3) is 15.9 Å². The van der Waals surface area contributed by atoms with Gasteiger partial charge in [-0.15, -0.1) is 0 Å². The lowest BCUT2D eigenvalue weighted by Crippen LogP contribution is -2.43. The second-order valence-corrected chi connectivity index (χ2v) is 9.18. The lowest BCUT2D eigenvalue weighted by molar-refractivity contribution is -0.128. The Morgan fingerprint density at radius 1 is 1.03 bits per heavy atom. The highest BCUT2D eigenvalue weighted by molar-refractivity contribution is 7.92. The Bertz CT molecular complexity index is 936. The van der Waals surface area contributed by atoms with Crippen molar-refractivity contribution in [1.29, 1.82) is 0 Å². The first-order chi connectivity index (χ1) is 13.8. The summed E-state index contributed by atoms with van der Waals surface area (Å²) in [5, 5.41) is 3.04. The predicted molar refractivity (Wildman–Crippen MR) is 114 cm³/mol. The van der Waals surface area contributed by atoms with E-state index in [0.717, 1.165) is 31.2 Å². The highest BCUT2D eigenvalue weighted by atomic mass is 32.2. The zero-order chi connectivity index (χ0) is 20.9. The fourth-order valence-corrected chi connectivity index (χ4v) is 4.54. The minimum atomic E-state index is -3.70. The molecule has 0 unspecified atom stereocenters. The molecular formula is C22H28N2O4S. The number of hydrogen-bond acceptors (Lipinski definition) is 4. The van der Waals surface area contributed by atoms with Gasteiger partial charge in [0, 0.05) is 6.04 Å². The van der Waals surface area contributed by atoms with Gasteiger partial charge in [-0.25, -0.2) is 8.42 Å². The van der Waals surface area contributed by atoms with Crippen molar-refractivity contribution < 1.29 is 17.9 Å². The van der Waals surface area contributed by atoms with Crippen LogP contribution >= 0.6 is 0 Å². The minimum absolute atomic E-state index is 0.132. The van der Waals surface area contributed by atoms with Gasteiger partial charge >= 0.3 is 0 Å². The Balaban J connectivity index is 1.60. The van der Waals surface area contributed by atoms with Crippen molar-refractivity contribution in [1.82, 2.24) is 5.32 Å². The van der Waals surface area contributed by atoms with Crippen LogP contribution < -0.4 is 14.8 Å². The molecule has 1 aliphatic carbocycles. The molecule has 1 saturated carbocycles. The quantitative estimate of drug-likeness (QED) is 0.714. The summed E-state index contributed by atoms with van der Waals surface area (Å²) >= 11 is 0. The van der Waals surface area contributed by atoms with Gasteiger partial charge in [0.1, 0.15) is 5.75 Å². The topological polar surface area (TPSA) is 84.5 Å². The van der Waals surface area contributed by atoms with Crippen molar-refractivity contribution in [3.8, 4) is 5.75 Å². The summed E-state index contributed by atoms with van der Waals surface area (Å²) in [6.45, 7) is 3.54. The molecule has 156 valence electrons. The first-order valence-corrected chi connectivity index (χ1v) is 11.5. The third kappa shape index (κ3) is 5.73. The predicted octanol–water partition coefficient (Wildman–Crippen LogP) is 4.01. The summed E-state index contributed by atoms with van der Waals surface area (Å²) in [7, 11) is -3.70. The molecule has 1 amide bonds. The molecule has 6 nitrogen and oxygen atoms in total. The Hall–Kier alpha value is -2.54. The van der Waals surface area contributed by atoms with Crippen LogP contribution in [0.1, 0.15) is 44.6 Å². The van der Waals surface area contributed by atoms with E-state index < -0.39 is 16.1 Å². The number of aryl methyl sites for hydroxylation is 1. The summed E-state index contributed by atoms with van der Waals surface area (Å²) in [5.74, 6) is 0.306. The SMILES string of the molecule is Cc1ccccc1NS(=O)(=O)c1ccc(O[C@H](C)C(=O)NC2CCCCC2)cc1. The van der Waals surface area contributed by atoms with Crippen LogP contribution in [0.15, 0.2) is 53.4 Å².